The van der Waals surface area contributed by atoms with E-state index in [1.54, 1.807) is 0 Å². The van der Waals surface area contributed by atoms with E-state index in [1.165, 1.54) is 18.5 Å². The summed E-state index contributed by atoms with van der Waals surface area (Å²) in [6.45, 7) is 1.89. The third-order valence-electron chi connectivity index (χ3n) is 4.72. The molecule has 3 heterocycles. The van der Waals surface area contributed by atoms with Crippen molar-refractivity contribution < 1.29 is 4.79 Å². The summed E-state index contributed by atoms with van der Waals surface area (Å²) in [5, 5.41) is 3.36. The van der Waals surface area contributed by atoms with Gasteiger partial charge in [0.05, 0.1) is 12.1 Å². The molecule has 1 aromatic heterocycles. The molecule has 2 aliphatic rings. The van der Waals surface area contributed by atoms with E-state index < -0.39 is 0 Å². The summed E-state index contributed by atoms with van der Waals surface area (Å²) < 4.78 is 2.17. The minimum atomic E-state index is 0.0517. The molecule has 1 aromatic rings. The Morgan fingerprint density at radius 1 is 1.25 bits per heavy atom. The Bertz CT molecular complexity index is 462. The lowest BCUT2D eigenvalue weighted by Crippen LogP contribution is -2.45. The first-order valence-corrected chi connectivity index (χ1v) is 7.92. The van der Waals surface area contributed by atoms with Crippen LogP contribution in [0.2, 0.25) is 0 Å². The molecule has 0 radical (unpaired) electrons. The van der Waals surface area contributed by atoms with Gasteiger partial charge in [0.2, 0.25) is 5.91 Å². The van der Waals surface area contributed by atoms with Crippen molar-refractivity contribution in [3.05, 3.63) is 24.0 Å². The Balaban J connectivity index is 1.84. The first kappa shape index (κ1) is 13.7. The van der Waals surface area contributed by atoms with Crippen LogP contribution in [0, 0.1) is 0 Å². The van der Waals surface area contributed by atoms with Gasteiger partial charge < -0.3 is 14.8 Å². The molecular weight excluding hydrogens is 250 g/mol. The quantitative estimate of drug-likeness (QED) is 0.898. The summed E-state index contributed by atoms with van der Waals surface area (Å²) in [4.78, 5) is 15.0. The van der Waals surface area contributed by atoms with Crippen molar-refractivity contribution in [3.8, 4) is 0 Å². The van der Waals surface area contributed by atoms with E-state index in [9.17, 15) is 4.79 Å². The average molecular weight is 275 g/mol. The summed E-state index contributed by atoms with van der Waals surface area (Å²) in [5.74, 6) is 0.315. The molecule has 2 aliphatic heterocycles. The van der Waals surface area contributed by atoms with E-state index in [4.69, 9.17) is 0 Å². The van der Waals surface area contributed by atoms with Gasteiger partial charge in [-0.15, -0.1) is 0 Å². The fourth-order valence-corrected chi connectivity index (χ4v) is 3.60. The topological polar surface area (TPSA) is 37.3 Å². The van der Waals surface area contributed by atoms with Crippen LogP contribution in [0.25, 0.3) is 0 Å². The van der Waals surface area contributed by atoms with Crippen molar-refractivity contribution in [2.24, 2.45) is 7.05 Å². The second-order valence-corrected chi connectivity index (χ2v) is 6.09. The molecular formula is C16H25N3O. The van der Waals surface area contributed by atoms with Crippen LogP contribution in [-0.4, -0.2) is 34.5 Å². The molecule has 0 aromatic carbocycles. The minimum absolute atomic E-state index is 0.0517. The number of aromatic nitrogens is 1. The lowest BCUT2D eigenvalue weighted by Gasteiger charge is -2.32. The molecule has 1 amide bonds. The molecule has 2 fully saturated rings. The number of nitrogens with zero attached hydrogens (tertiary/aromatic N) is 2. The maximum Gasteiger partial charge on any atom is 0.240 e. The fraction of sp³-hybridized carbons (Fsp3) is 0.688. The number of hydrogen-bond donors (Lipinski definition) is 1. The number of amides is 1. The van der Waals surface area contributed by atoms with Gasteiger partial charge >= 0.3 is 0 Å². The van der Waals surface area contributed by atoms with Crippen LogP contribution in [-0.2, 0) is 11.8 Å². The van der Waals surface area contributed by atoms with Crippen molar-refractivity contribution in [2.45, 2.75) is 50.6 Å². The van der Waals surface area contributed by atoms with Crippen LogP contribution in [0.15, 0.2) is 18.3 Å². The third kappa shape index (κ3) is 2.62. The second kappa shape index (κ2) is 6.00. The fourth-order valence-electron chi connectivity index (χ4n) is 3.60. The number of likely N-dealkylation sites (tertiary alicyclic amines) is 1. The lowest BCUT2D eigenvalue weighted by molar-refractivity contribution is -0.135. The Morgan fingerprint density at radius 2 is 2.15 bits per heavy atom. The maximum absolute atomic E-state index is 12.8. The van der Waals surface area contributed by atoms with Gasteiger partial charge in [-0.1, -0.05) is 12.8 Å². The van der Waals surface area contributed by atoms with Crippen LogP contribution >= 0.6 is 0 Å². The zero-order valence-electron chi connectivity index (χ0n) is 12.3. The van der Waals surface area contributed by atoms with E-state index in [-0.39, 0.29) is 12.1 Å². The van der Waals surface area contributed by atoms with Crippen LogP contribution in [0.1, 0.15) is 50.3 Å². The molecule has 0 saturated carbocycles. The number of hydrogen-bond acceptors (Lipinski definition) is 2. The molecule has 4 nitrogen and oxygen atoms in total. The molecule has 0 bridgehead atoms. The van der Waals surface area contributed by atoms with Gasteiger partial charge in [-0.05, 0) is 44.4 Å². The minimum Gasteiger partial charge on any atom is -0.353 e. The van der Waals surface area contributed by atoms with Crippen molar-refractivity contribution in [1.29, 1.82) is 0 Å². The number of nitrogens with one attached hydrogen (secondary N) is 1. The monoisotopic (exact) mass is 275 g/mol. The first-order valence-electron chi connectivity index (χ1n) is 7.92. The molecule has 1 N–H and O–H groups in total. The number of carbonyl (C=O) groups is 1. The smallest absolute Gasteiger partial charge is 0.240 e. The zero-order chi connectivity index (χ0) is 13.9. The molecule has 0 aliphatic carbocycles. The first-order chi connectivity index (χ1) is 9.77. The number of rotatable bonds is 2. The predicted molar refractivity (Wildman–Crippen MR) is 79.4 cm³/mol. The molecule has 20 heavy (non-hydrogen) atoms. The van der Waals surface area contributed by atoms with Gasteiger partial charge in [0, 0.05) is 25.5 Å². The largest absolute Gasteiger partial charge is 0.353 e. The predicted octanol–water partition coefficient (Wildman–Crippen LogP) is 2.22. The van der Waals surface area contributed by atoms with Gasteiger partial charge in [0.15, 0.2) is 0 Å². The summed E-state index contributed by atoms with van der Waals surface area (Å²) in [6.07, 6.45) is 8.89. The van der Waals surface area contributed by atoms with Gasteiger partial charge in [0.25, 0.3) is 0 Å². The van der Waals surface area contributed by atoms with Crippen molar-refractivity contribution in [3.63, 3.8) is 0 Å². The van der Waals surface area contributed by atoms with Gasteiger partial charge in [0.1, 0.15) is 0 Å². The van der Waals surface area contributed by atoms with Crippen molar-refractivity contribution >= 4 is 5.91 Å². The van der Waals surface area contributed by atoms with Crippen LogP contribution in [0.5, 0.6) is 0 Å². The molecule has 3 rings (SSSR count). The summed E-state index contributed by atoms with van der Waals surface area (Å²) in [5.41, 5.74) is 1.28. The Labute approximate surface area is 121 Å². The van der Waals surface area contributed by atoms with Gasteiger partial charge in [-0.3, -0.25) is 4.79 Å². The molecule has 2 saturated heterocycles. The molecule has 4 heteroatoms. The number of carbonyl (C=O) groups excluding carboxylic acids is 1. The van der Waals surface area contributed by atoms with E-state index in [1.807, 2.05) is 0 Å². The Kier molecular flexibility index (Phi) is 4.10. The van der Waals surface area contributed by atoms with Gasteiger partial charge in [-0.25, -0.2) is 0 Å². The SMILES string of the molecule is Cn1cccc1C1CCCCCN1C(=O)C1CCCN1. The summed E-state index contributed by atoms with van der Waals surface area (Å²) >= 11 is 0. The highest BCUT2D eigenvalue weighted by atomic mass is 16.2. The zero-order valence-corrected chi connectivity index (χ0v) is 12.3. The van der Waals surface area contributed by atoms with Crippen LogP contribution in [0.3, 0.4) is 0 Å². The van der Waals surface area contributed by atoms with E-state index in [0.717, 1.165) is 38.8 Å². The lowest BCUT2D eigenvalue weighted by atomic mass is 10.1. The average Bonchev–Trinajstić information content (AvgIpc) is 3.05. The van der Waals surface area contributed by atoms with Crippen molar-refractivity contribution in [1.82, 2.24) is 14.8 Å². The molecule has 0 spiro atoms. The van der Waals surface area contributed by atoms with Crippen molar-refractivity contribution in [2.75, 3.05) is 13.1 Å². The Hall–Kier alpha value is -1.29. The highest BCUT2D eigenvalue weighted by Gasteiger charge is 2.33. The Morgan fingerprint density at radius 3 is 2.85 bits per heavy atom. The molecule has 2 atom stereocenters. The molecule has 110 valence electrons. The normalized spacial score (nSPS) is 27.6. The van der Waals surface area contributed by atoms with Gasteiger partial charge in [-0.2, -0.15) is 0 Å². The number of aryl methyl sites for hydroxylation is 1. The van der Waals surface area contributed by atoms with Crippen LogP contribution in [0.4, 0.5) is 0 Å². The summed E-state index contributed by atoms with van der Waals surface area (Å²) in [6, 6.07) is 4.55. The maximum atomic E-state index is 12.8. The van der Waals surface area contributed by atoms with E-state index in [0.29, 0.717) is 5.91 Å². The highest BCUT2D eigenvalue weighted by molar-refractivity contribution is 5.82. The molecule has 2 unspecified atom stereocenters. The van der Waals surface area contributed by atoms with E-state index >= 15 is 0 Å². The standard InChI is InChI=1S/C16H25N3O/c1-18-11-6-9-14(18)15-8-3-2-4-12-19(15)16(20)13-7-5-10-17-13/h6,9,11,13,15,17H,2-5,7-8,10,12H2,1H3. The second-order valence-electron chi connectivity index (χ2n) is 6.09. The van der Waals surface area contributed by atoms with Crippen LogP contribution < -0.4 is 5.32 Å². The highest BCUT2D eigenvalue weighted by Crippen LogP contribution is 2.31. The van der Waals surface area contributed by atoms with E-state index in [2.05, 4.69) is 40.2 Å². The summed E-state index contributed by atoms with van der Waals surface area (Å²) in [7, 11) is 2.08. The third-order valence-corrected chi connectivity index (χ3v) is 4.72.